The van der Waals surface area contributed by atoms with Gasteiger partial charge < -0.3 is 5.32 Å². The third-order valence-electron chi connectivity index (χ3n) is 4.13. The molecule has 1 fully saturated rings. The smallest absolute Gasteiger partial charge is 0.261 e. The minimum absolute atomic E-state index is 0.159. The minimum Gasteiger partial charge on any atom is -0.314 e. The van der Waals surface area contributed by atoms with E-state index in [1.165, 1.54) is 4.90 Å². The SMILES string of the molecule is CC1CNCCN1CCN1C(=O)c2ccccc2C1=O. The van der Waals surface area contributed by atoms with E-state index >= 15 is 0 Å². The zero-order chi connectivity index (χ0) is 14.1. The topological polar surface area (TPSA) is 52.6 Å². The Morgan fingerprint density at radius 2 is 1.80 bits per heavy atom. The number of benzene rings is 1. The molecule has 0 bridgehead atoms. The molecular weight excluding hydrogens is 254 g/mol. The van der Waals surface area contributed by atoms with Gasteiger partial charge in [-0.2, -0.15) is 0 Å². The Hall–Kier alpha value is -1.72. The van der Waals surface area contributed by atoms with E-state index in [1.807, 2.05) is 0 Å². The molecule has 1 aromatic rings. The third kappa shape index (κ3) is 2.23. The molecule has 2 aliphatic heterocycles. The fourth-order valence-electron chi connectivity index (χ4n) is 2.89. The van der Waals surface area contributed by atoms with E-state index < -0.39 is 0 Å². The number of nitrogens with zero attached hydrogens (tertiary/aromatic N) is 2. The van der Waals surface area contributed by atoms with Gasteiger partial charge in [0.2, 0.25) is 0 Å². The van der Waals surface area contributed by atoms with Crippen molar-refractivity contribution in [2.75, 3.05) is 32.7 Å². The number of fused-ring (bicyclic) bond motifs is 1. The highest BCUT2D eigenvalue weighted by atomic mass is 16.2. The van der Waals surface area contributed by atoms with Gasteiger partial charge in [0.25, 0.3) is 11.8 Å². The number of carbonyl (C=O) groups is 2. The Labute approximate surface area is 118 Å². The second-order valence-corrected chi connectivity index (χ2v) is 5.40. The van der Waals surface area contributed by atoms with Crippen LogP contribution in [0.25, 0.3) is 0 Å². The molecule has 0 aliphatic carbocycles. The van der Waals surface area contributed by atoms with Crippen molar-refractivity contribution in [3.63, 3.8) is 0 Å². The zero-order valence-electron chi connectivity index (χ0n) is 11.6. The molecule has 5 nitrogen and oxygen atoms in total. The maximum atomic E-state index is 12.2. The average Bonchev–Trinajstić information content (AvgIpc) is 2.71. The normalized spacial score (nSPS) is 23.2. The molecule has 1 saturated heterocycles. The van der Waals surface area contributed by atoms with E-state index in [9.17, 15) is 9.59 Å². The van der Waals surface area contributed by atoms with E-state index in [0.717, 1.165) is 26.2 Å². The van der Waals surface area contributed by atoms with Crippen LogP contribution >= 0.6 is 0 Å². The number of hydrogen-bond acceptors (Lipinski definition) is 4. The van der Waals surface area contributed by atoms with Crippen molar-refractivity contribution in [2.24, 2.45) is 0 Å². The number of piperazine rings is 1. The highest BCUT2D eigenvalue weighted by Gasteiger charge is 2.35. The summed E-state index contributed by atoms with van der Waals surface area (Å²) in [5, 5.41) is 3.33. The molecule has 1 aromatic carbocycles. The first-order valence-electron chi connectivity index (χ1n) is 7.08. The predicted molar refractivity (Wildman–Crippen MR) is 75.7 cm³/mol. The van der Waals surface area contributed by atoms with Gasteiger partial charge in [-0.1, -0.05) is 12.1 Å². The van der Waals surface area contributed by atoms with Crippen LogP contribution in [-0.2, 0) is 0 Å². The summed E-state index contributed by atoms with van der Waals surface area (Å²) in [6.07, 6.45) is 0. The first kappa shape index (κ1) is 13.3. The molecule has 1 atom stereocenters. The molecular formula is C15H19N3O2. The van der Waals surface area contributed by atoms with Crippen LogP contribution in [0.15, 0.2) is 24.3 Å². The molecule has 2 aliphatic rings. The molecule has 1 unspecified atom stereocenters. The summed E-state index contributed by atoms with van der Waals surface area (Å²) in [6, 6.07) is 7.49. The zero-order valence-corrected chi connectivity index (χ0v) is 11.6. The van der Waals surface area contributed by atoms with Crippen molar-refractivity contribution in [3.8, 4) is 0 Å². The van der Waals surface area contributed by atoms with Crippen LogP contribution < -0.4 is 5.32 Å². The number of amides is 2. The molecule has 3 rings (SSSR count). The van der Waals surface area contributed by atoms with Gasteiger partial charge in [-0.25, -0.2) is 0 Å². The molecule has 20 heavy (non-hydrogen) atoms. The summed E-state index contributed by atoms with van der Waals surface area (Å²) in [6.45, 7) is 6.26. The van der Waals surface area contributed by atoms with Gasteiger partial charge in [-0.15, -0.1) is 0 Å². The number of carbonyl (C=O) groups excluding carboxylic acids is 2. The minimum atomic E-state index is -0.159. The van der Waals surface area contributed by atoms with Crippen LogP contribution in [0.5, 0.6) is 0 Å². The molecule has 2 amide bonds. The first-order valence-corrected chi connectivity index (χ1v) is 7.08. The highest BCUT2D eigenvalue weighted by molar-refractivity contribution is 6.21. The van der Waals surface area contributed by atoms with E-state index in [2.05, 4.69) is 17.1 Å². The molecule has 0 saturated carbocycles. The van der Waals surface area contributed by atoms with Gasteiger partial charge in [0.05, 0.1) is 11.1 Å². The molecule has 1 N–H and O–H groups in total. The summed E-state index contributed by atoms with van der Waals surface area (Å²) in [4.78, 5) is 28.2. The van der Waals surface area contributed by atoms with E-state index in [-0.39, 0.29) is 11.8 Å². The third-order valence-corrected chi connectivity index (χ3v) is 4.13. The second kappa shape index (κ2) is 5.34. The monoisotopic (exact) mass is 273 g/mol. The largest absolute Gasteiger partial charge is 0.314 e. The number of rotatable bonds is 3. The van der Waals surface area contributed by atoms with Crippen LogP contribution in [0.1, 0.15) is 27.6 Å². The maximum absolute atomic E-state index is 12.2. The maximum Gasteiger partial charge on any atom is 0.261 e. The Kier molecular flexibility index (Phi) is 3.54. The lowest BCUT2D eigenvalue weighted by atomic mass is 10.1. The van der Waals surface area contributed by atoms with Crippen LogP contribution in [-0.4, -0.2) is 60.4 Å². The van der Waals surface area contributed by atoms with Crippen molar-refractivity contribution < 1.29 is 9.59 Å². The van der Waals surface area contributed by atoms with Gasteiger partial charge in [0.1, 0.15) is 0 Å². The van der Waals surface area contributed by atoms with Crippen molar-refractivity contribution in [1.82, 2.24) is 15.1 Å². The van der Waals surface area contributed by atoms with E-state index in [0.29, 0.717) is 23.7 Å². The Bertz CT molecular complexity index is 509. The lowest BCUT2D eigenvalue weighted by Crippen LogP contribution is -2.52. The van der Waals surface area contributed by atoms with Gasteiger partial charge in [-0.05, 0) is 19.1 Å². The van der Waals surface area contributed by atoms with Crippen LogP contribution in [0.3, 0.4) is 0 Å². The van der Waals surface area contributed by atoms with Crippen LogP contribution in [0.2, 0.25) is 0 Å². The summed E-state index contributed by atoms with van der Waals surface area (Å²) in [5.74, 6) is -0.318. The average molecular weight is 273 g/mol. The Balaban J connectivity index is 1.67. The van der Waals surface area contributed by atoms with Gasteiger partial charge in [0.15, 0.2) is 0 Å². The highest BCUT2D eigenvalue weighted by Crippen LogP contribution is 2.22. The van der Waals surface area contributed by atoms with Crippen molar-refractivity contribution in [2.45, 2.75) is 13.0 Å². The van der Waals surface area contributed by atoms with Crippen molar-refractivity contribution in [3.05, 3.63) is 35.4 Å². The van der Waals surface area contributed by atoms with Crippen molar-refractivity contribution >= 4 is 11.8 Å². The molecule has 5 heteroatoms. The van der Waals surface area contributed by atoms with Gasteiger partial charge >= 0.3 is 0 Å². The van der Waals surface area contributed by atoms with E-state index in [4.69, 9.17) is 0 Å². The molecule has 0 radical (unpaired) electrons. The lowest BCUT2D eigenvalue weighted by molar-refractivity contribution is 0.0618. The summed E-state index contributed by atoms with van der Waals surface area (Å²) in [5.41, 5.74) is 1.07. The Morgan fingerprint density at radius 1 is 1.15 bits per heavy atom. The first-order chi connectivity index (χ1) is 9.68. The number of nitrogens with one attached hydrogen (secondary N) is 1. The second-order valence-electron chi connectivity index (χ2n) is 5.40. The van der Waals surface area contributed by atoms with Crippen LogP contribution in [0.4, 0.5) is 0 Å². The quantitative estimate of drug-likeness (QED) is 0.818. The van der Waals surface area contributed by atoms with E-state index in [1.54, 1.807) is 24.3 Å². The molecule has 0 aromatic heterocycles. The van der Waals surface area contributed by atoms with Gasteiger partial charge in [0, 0.05) is 38.8 Å². The number of hydrogen-bond donors (Lipinski definition) is 1. The van der Waals surface area contributed by atoms with Crippen molar-refractivity contribution in [1.29, 1.82) is 0 Å². The Morgan fingerprint density at radius 3 is 2.40 bits per heavy atom. The summed E-state index contributed by atoms with van der Waals surface area (Å²) < 4.78 is 0. The lowest BCUT2D eigenvalue weighted by Gasteiger charge is -2.34. The summed E-state index contributed by atoms with van der Waals surface area (Å²) in [7, 11) is 0. The fourth-order valence-corrected chi connectivity index (χ4v) is 2.89. The molecule has 106 valence electrons. The predicted octanol–water partition coefficient (Wildman–Crippen LogP) is 0.576. The number of imide groups is 1. The standard InChI is InChI=1S/C15H19N3O2/c1-11-10-16-6-7-17(11)8-9-18-14(19)12-4-2-3-5-13(12)15(18)20/h2-5,11,16H,6-10H2,1H3. The van der Waals surface area contributed by atoms with Crippen LogP contribution in [0, 0.1) is 0 Å². The fraction of sp³-hybridized carbons (Fsp3) is 0.467. The van der Waals surface area contributed by atoms with Gasteiger partial charge in [-0.3, -0.25) is 19.4 Å². The molecule has 2 heterocycles. The molecule has 0 spiro atoms. The summed E-state index contributed by atoms with van der Waals surface area (Å²) >= 11 is 0.